The molecule has 13 heavy (non-hydrogen) atoms. The Morgan fingerprint density at radius 2 is 2.00 bits per heavy atom. The monoisotopic (exact) mass is 182 g/mol. The van der Waals surface area contributed by atoms with Gasteiger partial charge in [0.1, 0.15) is 11.4 Å². The molecule has 0 aliphatic carbocycles. The number of rotatable bonds is 2. The van der Waals surface area contributed by atoms with Crippen molar-refractivity contribution in [1.82, 2.24) is 9.97 Å². The zero-order valence-electron chi connectivity index (χ0n) is 6.38. The molecule has 0 radical (unpaired) electrons. The fraction of sp³-hybridized carbons (Fsp3) is 0. The fourth-order valence-electron chi connectivity index (χ4n) is 0.821. The summed E-state index contributed by atoms with van der Waals surface area (Å²) in [6, 6.07) is 0. The number of H-pyrrole nitrogens is 2. The molecule has 7 heteroatoms. The van der Waals surface area contributed by atoms with E-state index in [9.17, 15) is 14.4 Å². The SMILES string of the molecule is N=CC(=O)c1c(N)[nH]c(=O)[nH]c1=O. The van der Waals surface area contributed by atoms with Crippen LogP contribution in [0.15, 0.2) is 9.59 Å². The van der Waals surface area contributed by atoms with Gasteiger partial charge in [-0.3, -0.25) is 19.6 Å². The first-order valence-corrected chi connectivity index (χ1v) is 3.23. The molecule has 1 aromatic rings. The maximum absolute atomic E-state index is 11.0. The molecule has 0 atom stereocenters. The smallest absolute Gasteiger partial charge is 0.327 e. The molecule has 68 valence electrons. The molecule has 0 aromatic carbocycles. The summed E-state index contributed by atoms with van der Waals surface area (Å²) in [6.07, 6.45) is 0.444. The molecule has 1 aromatic heterocycles. The van der Waals surface area contributed by atoms with Crippen LogP contribution in [-0.4, -0.2) is 22.0 Å². The van der Waals surface area contributed by atoms with Crippen molar-refractivity contribution in [3.63, 3.8) is 0 Å². The molecule has 7 nitrogen and oxygen atoms in total. The Bertz CT molecular complexity index is 470. The van der Waals surface area contributed by atoms with Crippen LogP contribution in [0.25, 0.3) is 0 Å². The van der Waals surface area contributed by atoms with Crippen molar-refractivity contribution in [2.45, 2.75) is 0 Å². The molecule has 0 aliphatic rings. The summed E-state index contributed by atoms with van der Waals surface area (Å²) in [5, 5.41) is 6.62. The minimum absolute atomic E-state index is 0.331. The molecule has 0 bridgehead atoms. The lowest BCUT2D eigenvalue weighted by Gasteiger charge is -1.97. The van der Waals surface area contributed by atoms with Crippen LogP contribution in [0.4, 0.5) is 5.82 Å². The van der Waals surface area contributed by atoms with Gasteiger partial charge >= 0.3 is 5.69 Å². The van der Waals surface area contributed by atoms with E-state index in [0.29, 0.717) is 6.21 Å². The Hall–Kier alpha value is -2.18. The maximum Gasteiger partial charge on any atom is 0.327 e. The molecule has 0 unspecified atom stereocenters. The van der Waals surface area contributed by atoms with Gasteiger partial charge in [-0.25, -0.2) is 4.79 Å². The van der Waals surface area contributed by atoms with Crippen LogP contribution in [0.5, 0.6) is 0 Å². The second-order valence-electron chi connectivity index (χ2n) is 2.21. The Kier molecular flexibility index (Phi) is 2.09. The summed E-state index contributed by atoms with van der Waals surface area (Å²) in [5.74, 6) is -1.18. The van der Waals surface area contributed by atoms with Crippen LogP contribution in [-0.2, 0) is 0 Å². The number of anilines is 1. The predicted octanol–water partition coefficient (Wildman–Crippen LogP) is -1.52. The molecular formula is C6H6N4O3. The third kappa shape index (κ3) is 1.53. The Balaban J connectivity index is 3.55. The number of carbonyl (C=O) groups excluding carboxylic acids is 1. The van der Waals surface area contributed by atoms with Crippen molar-refractivity contribution in [1.29, 1.82) is 5.41 Å². The highest BCUT2D eigenvalue weighted by molar-refractivity contribution is 6.35. The number of hydrogen-bond acceptors (Lipinski definition) is 5. The van der Waals surface area contributed by atoms with Crippen molar-refractivity contribution in [2.75, 3.05) is 5.73 Å². The third-order valence-electron chi connectivity index (χ3n) is 1.35. The summed E-state index contributed by atoms with van der Waals surface area (Å²) in [7, 11) is 0. The lowest BCUT2D eigenvalue weighted by atomic mass is 10.2. The van der Waals surface area contributed by atoms with Crippen LogP contribution in [0.1, 0.15) is 10.4 Å². The quantitative estimate of drug-likeness (QED) is 0.326. The van der Waals surface area contributed by atoms with Gasteiger partial charge in [0.2, 0.25) is 5.78 Å². The van der Waals surface area contributed by atoms with Crippen molar-refractivity contribution in [3.05, 3.63) is 26.4 Å². The van der Waals surface area contributed by atoms with Gasteiger partial charge in [-0.15, -0.1) is 0 Å². The number of nitrogens with two attached hydrogens (primary N) is 1. The average molecular weight is 182 g/mol. The number of carbonyl (C=O) groups is 1. The molecule has 0 aliphatic heterocycles. The van der Waals surface area contributed by atoms with Crippen LogP contribution < -0.4 is 17.0 Å². The van der Waals surface area contributed by atoms with Crippen LogP contribution in [0.3, 0.4) is 0 Å². The van der Waals surface area contributed by atoms with Gasteiger partial charge in [-0.2, -0.15) is 0 Å². The largest absolute Gasteiger partial charge is 0.384 e. The van der Waals surface area contributed by atoms with Gasteiger partial charge in [0, 0.05) is 0 Å². The molecule has 0 spiro atoms. The van der Waals surface area contributed by atoms with Gasteiger partial charge < -0.3 is 11.1 Å². The van der Waals surface area contributed by atoms with Gasteiger partial charge in [0.15, 0.2) is 0 Å². The molecule has 5 N–H and O–H groups in total. The van der Waals surface area contributed by atoms with Gasteiger partial charge in [0.25, 0.3) is 5.56 Å². The van der Waals surface area contributed by atoms with E-state index >= 15 is 0 Å². The maximum atomic E-state index is 11.0. The molecule has 1 rings (SSSR count). The summed E-state index contributed by atoms with van der Waals surface area (Å²) in [6.45, 7) is 0. The van der Waals surface area contributed by atoms with Gasteiger partial charge in [-0.1, -0.05) is 0 Å². The summed E-state index contributed by atoms with van der Waals surface area (Å²) in [4.78, 5) is 36.4. The Labute approximate surface area is 71.1 Å². The highest BCUT2D eigenvalue weighted by atomic mass is 16.2. The molecule has 0 saturated carbocycles. The Morgan fingerprint density at radius 1 is 1.38 bits per heavy atom. The standard InChI is InChI=1S/C6H6N4O3/c7-1-2(11)3-4(8)9-6(13)10-5(3)12/h1,7H,(H4,8,9,10,12,13). The molecular weight excluding hydrogens is 176 g/mol. The van der Waals surface area contributed by atoms with E-state index in [1.165, 1.54) is 0 Å². The highest BCUT2D eigenvalue weighted by Gasteiger charge is 2.12. The molecule has 0 saturated heterocycles. The predicted molar refractivity (Wildman–Crippen MR) is 45.2 cm³/mol. The first-order chi connectivity index (χ1) is 6.06. The molecule has 0 amide bonds. The normalized spacial score (nSPS) is 9.54. The van der Waals surface area contributed by atoms with Crippen molar-refractivity contribution >= 4 is 17.8 Å². The summed E-state index contributed by atoms with van der Waals surface area (Å²) < 4.78 is 0. The van der Waals surface area contributed by atoms with E-state index in [1.54, 1.807) is 0 Å². The number of nitrogens with one attached hydrogen (secondary N) is 3. The molecule has 0 fully saturated rings. The average Bonchev–Trinajstić information content (AvgIpc) is 2.02. The lowest BCUT2D eigenvalue weighted by Crippen LogP contribution is -2.30. The lowest BCUT2D eigenvalue weighted by molar-refractivity contribution is 0.106. The van der Waals surface area contributed by atoms with Crippen molar-refractivity contribution in [3.8, 4) is 0 Å². The zero-order valence-corrected chi connectivity index (χ0v) is 6.38. The number of ketones is 1. The number of Topliss-reactive ketones (excluding diaryl/α,β-unsaturated/α-hetero) is 1. The van der Waals surface area contributed by atoms with Crippen LogP contribution >= 0.6 is 0 Å². The van der Waals surface area contributed by atoms with E-state index in [1.807, 2.05) is 9.97 Å². The Morgan fingerprint density at radius 3 is 2.46 bits per heavy atom. The highest BCUT2D eigenvalue weighted by Crippen LogP contribution is 1.97. The minimum Gasteiger partial charge on any atom is -0.384 e. The fourth-order valence-corrected chi connectivity index (χ4v) is 0.821. The second kappa shape index (κ2) is 3.05. The van der Waals surface area contributed by atoms with Crippen molar-refractivity contribution < 1.29 is 4.79 Å². The zero-order chi connectivity index (χ0) is 10.0. The molecule has 1 heterocycles. The van der Waals surface area contributed by atoms with Crippen molar-refractivity contribution in [2.24, 2.45) is 0 Å². The first-order valence-electron chi connectivity index (χ1n) is 3.23. The number of aromatic nitrogens is 2. The van der Waals surface area contributed by atoms with E-state index in [-0.39, 0.29) is 5.82 Å². The summed E-state index contributed by atoms with van der Waals surface area (Å²) >= 11 is 0. The number of hydrogen-bond donors (Lipinski definition) is 4. The second-order valence-corrected chi connectivity index (χ2v) is 2.21. The van der Waals surface area contributed by atoms with Crippen LogP contribution in [0, 0.1) is 5.41 Å². The van der Waals surface area contributed by atoms with Gasteiger partial charge in [0.05, 0.1) is 6.21 Å². The third-order valence-corrected chi connectivity index (χ3v) is 1.35. The topological polar surface area (TPSA) is 133 Å². The van der Waals surface area contributed by atoms with E-state index in [2.05, 4.69) is 0 Å². The number of aromatic amines is 2. The van der Waals surface area contributed by atoms with E-state index in [4.69, 9.17) is 11.1 Å². The number of nitrogen functional groups attached to an aromatic ring is 1. The van der Waals surface area contributed by atoms with Gasteiger partial charge in [-0.05, 0) is 0 Å². The van der Waals surface area contributed by atoms with E-state index in [0.717, 1.165) is 0 Å². The summed E-state index contributed by atoms with van der Waals surface area (Å²) in [5.41, 5.74) is 3.10. The van der Waals surface area contributed by atoms with E-state index < -0.39 is 22.6 Å². The minimum atomic E-state index is -0.894. The first kappa shape index (κ1) is 8.91. The van der Waals surface area contributed by atoms with Crippen LogP contribution in [0.2, 0.25) is 0 Å².